The number of rotatable bonds is 7. The first-order valence-electron chi connectivity index (χ1n) is 8.74. The molecule has 0 spiro atoms. The van der Waals surface area contributed by atoms with Crippen molar-refractivity contribution >= 4 is 0 Å². The van der Waals surface area contributed by atoms with Gasteiger partial charge in [0.15, 0.2) is 0 Å². The van der Waals surface area contributed by atoms with Gasteiger partial charge in [0.25, 0.3) is 0 Å². The van der Waals surface area contributed by atoms with Crippen molar-refractivity contribution in [3.8, 4) is 0 Å². The van der Waals surface area contributed by atoms with Crippen LogP contribution in [-0.2, 0) is 0 Å². The molecule has 2 nitrogen and oxygen atoms in total. The van der Waals surface area contributed by atoms with Crippen molar-refractivity contribution in [2.75, 3.05) is 32.7 Å². The minimum atomic E-state index is 0.444. The Labute approximate surface area is 127 Å². The van der Waals surface area contributed by atoms with E-state index in [1.807, 2.05) is 0 Å². The van der Waals surface area contributed by atoms with E-state index in [4.69, 9.17) is 0 Å². The molecule has 1 atom stereocenters. The molecule has 0 aliphatic carbocycles. The van der Waals surface area contributed by atoms with Crippen molar-refractivity contribution in [2.24, 2.45) is 16.7 Å². The van der Waals surface area contributed by atoms with Crippen LogP contribution in [-0.4, -0.2) is 37.6 Å². The van der Waals surface area contributed by atoms with E-state index in [9.17, 15) is 0 Å². The van der Waals surface area contributed by atoms with Gasteiger partial charge in [0.2, 0.25) is 0 Å². The lowest BCUT2D eigenvalue weighted by molar-refractivity contribution is 0.0758. The van der Waals surface area contributed by atoms with Crippen LogP contribution in [0.25, 0.3) is 0 Å². The molecule has 0 aromatic heterocycles. The first-order chi connectivity index (χ1) is 9.30. The van der Waals surface area contributed by atoms with Crippen LogP contribution in [0.3, 0.4) is 0 Å². The van der Waals surface area contributed by atoms with Crippen LogP contribution in [0, 0.1) is 16.7 Å². The van der Waals surface area contributed by atoms with Crippen LogP contribution in [0.2, 0.25) is 0 Å². The van der Waals surface area contributed by atoms with Crippen molar-refractivity contribution in [1.82, 2.24) is 10.2 Å². The van der Waals surface area contributed by atoms with E-state index < -0.39 is 0 Å². The second-order valence-corrected chi connectivity index (χ2v) is 8.26. The summed E-state index contributed by atoms with van der Waals surface area (Å²) < 4.78 is 0. The minimum Gasteiger partial charge on any atom is -0.316 e. The van der Waals surface area contributed by atoms with Gasteiger partial charge in [0.05, 0.1) is 0 Å². The molecule has 1 aliphatic heterocycles. The molecular weight excluding hydrogens is 244 g/mol. The zero-order valence-corrected chi connectivity index (χ0v) is 14.9. The molecule has 0 bridgehead atoms. The predicted octanol–water partition coefficient (Wildman–Crippen LogP) is 4.16. The van der Waals surface area contributed by atoms with Gasteiger partial charge in [0.1, 0.15) is 0 Å². The second kappa shape index (κ2) is 7.79. The summed E-state index contributed by atoms with van der Waals surface area (Å²) in [4.78, 5) is 2.72. The van der Waals surface area contributed by atoms with E-state index in [2.05, 4.69) is 51.8 Å². The average Bonchev–Trinajstić information content (AvgIpc) is 2.36. The number of hydrogen-bond acceptors (Lipinski definition) is 2. The molecule has 1 N–H and O–H groups in total. The first-order valence-corrected chi connectivity index (χ1v) is 8.74. The molecule has 120 valence electrons. The maximum Gasteiger partial charge on any atom is 0.00475 e. The minimum absolute atomic E-state index is 0.444. The van der Waals surface area contributed by atoms with E-state index in [1.165, 1.54) is 45.3 Å². The van der Waals surface area contributed by atoms with Gasteiger partial charge in [-0.1, -0.05) is 48.0 Å². The summed E-state index contributed by atoms with van der Waals surface area (Å²) in [6.45, 7) is 20.3. The summed E-state index contributed by atoms with van der Waals surface area (Å²) in [5, 5.41) is 3.57. The molecular formula is C18H38N2. The van der Waals surface area contributed by atoms with Gasteiger partial charge in [-0.15, -0.1) is 0 Å². The lowest BCUT2D eigenvalue weighted by Crippen LogP contribution is -2.46. The molecule has 0 saturated carbocycles. The Morgan fingerprint density at radius 1 is 1.05 bits per heavy atom. The van der Waals surface area contributed by atoms with Gasteiger partial charge in [-0.05, 0) is 55.6 Å². The Morgan fingerprint density at radius 2 is 1.65 bits per heavy atom. The van der Waals surface area contributed by atoms with Gasteiger partial charge in [-0.2, -0.15) is 0 Å². The highest BCUT2D eigenvalue weighted by atomic mass is 15.1. The maximum absolute atomic E-state index is 3.57. The van der Waals surface area contributed by atoms with E-state index in [-0.39, 0.29) is 0 Å². The summed E-state index contributed by atoms with van der Waals surface area (Å²) in [7, 11) is 0. The monoisotopic (exact) mass is 282 g/mol. The van der Waals surface area contributed by atoms with Crippen molar-refractivity contribution in [1.29, 1.82) is 0 Å². The summed E-state index contributed by atoms with van der Waals surface area (Å²) in [5.41, 5.74) is 0.932. The number of nitrogens with zero attached hydrogens (tertiary/aromatic N) is 1. The van der Waals surface area contributed by atoms with Crippen LogP contribution in [0.15, 0.2) is 0 Å². The van der Waals surface area contributed by atoms with Crippen LogP contribution in [0.4, 0.5) is 0 Å². The zero-order chi connectivity index (χ0) is 15.2. The summed E-state index contributed by atoms with van der Waals surface area (Å²) in [5.74, 6) is 0.907. The highest BCUT2D eigenvalue weighted by Crippen LogP contribution is 2.35. The fourth-order valence-corrected chi connectivity index (χ4v) is 3.75. The number of likely N-dealkylation sites (tertiary alicyclic amines) is 1. The van der Waals surface area contributed by atoms with Crippen LogP contribution in [0.1, 0.15) is 67.2 Å². The molecule has 0 aromatic rings. The van der Waals surface area contributed by atoms with Crippen molar-refractivity contribution in [3.05, 3.63) is 0 Å². The molecule has 2 heteroatoms. The Kier molecular flexibility index (Phi) is 7.00. The van der Waals surface area contributed by atoms with Gasteiger partial charge in [-0.25, -0.2) is 0 Å². The summed E-state index contributed by atoms with van der Waals surface area (Å²) in [6.07, 6.45) is 5.39. The van der Waals surface area contributed by atoms with E-state index in [0.29, 0.717) is 10.8 Å². The van der Waals surface area contributed by atoms with Gasteiger partial charge in [0, 0.05) is 13.1 Å². The van der Waals surface area contributed by atoms with E-state index >= 15 is 0 Å². The Balaban J connectivity index is 2.47. The van der Waals surface area contributed by atoms with Crippen LogP contribution < -0.4 is 5.32 Å². The topological polar surface area (TPSA) is 15.3 Å². The second-order valence-electron chi connectivity index (χ2n) is 8.26. The third-order valence-electron chi connectivity index (χ3n) is 5.07. The number of nitrogens with one attached hydrogen (secondary N) is 1. The summed E-state index contributed by atoms with van der Waals surface area (Å²) in [6, 6.07) is 0. The smallest absolute Gasteiger partial charge is 0.00475 e. The van der Waals surface area contributed by atoms with Crippen molar-refractivity contribution in [3.63, 3.8) is 0 Å². The predicted molar refractivity (Wildman–Crippen MR) is 90.2 cm³/mol. The molecule has 1 saturated heterocycles. The normalized spacial score (nSPS) is 21.9. The molecule has 0 aromatic carbocycles. The molecule has 1 aliphatic rings. The molecule has 20 heavy (non-hydrogen) atoms. The average molecular weight is 283 g/mol. The standard InChI is InChI=1S/C18H38N2/c1-7-11-18(6,14-19-8-2)15-20-12-9-16(10-13-20)17(3,4)5/h16,19H,7-15H2,1-6H3. The maximum atomic E-state index is 3.57. The summed E-state index contributed by atoms with van der Waals surface area (Å²) >= 11 is 0. The SMILES string of the molecule is CCCC(C)(CNCC)CN1CCC(C(C)(C)C)CC1. The highest BCUT2D eigenvalue weighted by Gasteiger charge is 2.32. The number of hydrogen-bond donors (Lipinski definition) is 1. The molecule has 1 heterocycles. The molecule has 1 fully saturated rings. The lowest BCUT2D eigenvalue weighted by atomic mass is 9.75. The highest BCUT2D eigenvalue weighted by molar-refractivity contribution is 4.85. The van der Waals surface area contributed by atoms with Crippen LogP contribution in [0.5, 0.6) is 0 Å². The Morgan fingerprint density at radius 3 is 2.10 bits per heavy atom. The third kappa shape index (κ3) is 5.73. The van der Waals surface area contributed by atoms with Gasteiger partial charge >= 0.3 is 0 Å². The quantitative estimate of drug-likeness (QED) is 0.754. The Hall–Kier alpha value is -0.0800. The Bertz CT molecular complexity index is 261. The van der Waals surface area contributed by atoms with Gasteiger partial charge in [-0.3, -0.25) is 0 Å². The first kappa shape index (κ1) is 18.0. The third-order valence-corrected chi connectivity index (χ3v) is 5.07. The van der Waals surface area contributed by atoms with Crippen molar-refractivity contribution in [2.45, 2.75) is 67.2 Å². The fourth-order valence-electron chi connectivity index (χ4n) is 3.75. The van der Waals surface area contributed by atoms with Gasteiger partial charge < -0.3 is 10.2 Å². The van der Waals surface area contributed by atoms with E-state index in [0.717, 1.165) is 19.0 Å². The lowest BCUT2D eigenvalue weighted by Gasteiger charge is -2.42. The van der Waals surface area contributed by atoms with Crippen molar-refractivity contribution < 1.29 is 0 Å². The number of piperidine rings is 1. The molecule has 1 rings (SSSR count). The molecule has 1 unspecified atom stereocenters. The molecule has 0 amide bonds. The fraction of sp³-hybridized carbons (Fsp3) is 1.00. The largest absolute Gasteiger partial charge is 0.316 e. The molecule has 0 radical (unpaired) electrons. The van der Waals surface area contributed by atoms with Crippen LogP contribution >= 0.6 is 0 Å². The zero-order valence-electron chi connectivity index (χ0n) is 14.9. The van der Waals surface area contributed by atoms with E-state index in [1.54, 1.807) is 0 Å².